The van der Waals surface area contributed by atoms with E-state index in [0.29, 0.717) is 0 Å². The molecule has 1 atom stereocenters. The summed E-state index contributed by atoms with van der Waals surface area (Å²) in [6.45, 7) is 5.78. The van der Waals surface area contributed by atoms with E-state index in [1.54, 1.807) is 19.2 Å². The number of carbonyl (C=O) groups is 1. The van der Waals surface area contributed by atoms with E-state index in [1.165, 1.54) is 0 Å². The highest BCUT2D eigenvalue weighted by molar-refractivity contribution is 5.77. The van der Waals surface area contributed by atoms with Crippen molar-refractivity contribution >= 4 is 5.97 Å². The third-order valence-corrected chi connectivity index (χ3v) is 2.56. The summed E-state index contributed by atoms with van der Waals surface area (Å²) in [6.07, 6.45) is 0. The van der Waals surface area contributed by atoms with Crippen molar-refractivity contribution in [1.29, 1.82) is 0 Å². The molecule has 0 heterocycles. The lowest BCUT2D eigenvalue weighted by Gasteiger charge is -2.27. The van der Waals surface area contributed by atoms with Crippen LogP contribution >= 0.6 is 0 Å². The van der Waals surface area contributed by atoms with Gasteiger partial charge in [0.2, 0.25) is 0 Å². The van der Waals surface area contributed by atoms with E-state index in [-0.39, 0.29) is 5.41 Å². The third kappa shape index (κ3) is 2.75. The van der Waals surface area contributed by atoms with Gasteiger partial charge in [0, 0.05) is 0 Å². The molecule has 0 aromatic heterocycles. The van der Waals surface area contributed by atoms with Crippen LogP contribution in [0.3, 0.4) is 0 Å². The number of ether oxygens (including phenoxy) is 1. The van der Waals surface area contributed by atoms with Gasteiger partial charge in [0.15, 0.2) is 0 Å². The summed E-state index contributed by atoms with van der Waals surface area (Å²) in [7, 11) is 1.59. The minimum Gasteiger partial charge on any atom is -0.497 e. The number of carboxylic acids is 1. The van der Waals surface area contributed by atoms with Gasteiger partial charge in [0.25, 0.3) is 0 Å². The van der Waals surface area contributed by atoms with Crippen LogP contribution in [-0.2, 0) is 4.79 Å². The lowest BCUT2D eigenvalue weighted by Crippen LogP contribution is -2.26. The molecule has 1 unspecified atom stereocenters. The van der Waals surface area contributed by atoms with Gasteiger partial charge >= 0.3 is 5.97 Å². The first-order valence-corrected chi connectivity index (χ1v) is 5.23. The van der Waals surface area contributed by atoms with Crippen LogP contribution < -0.4 is 4.74 Å². The van der Waals surface area contributed by atoms with E-state index in [4.69, 9.17) is 4.74 Å². The fraction of sp³-hybridized carbons (Fsp3) is 0.462. The molecule has 1 aromatic carbocycles. The van der Waals surface area contributed by atoms with Gasteiger partial charge < -0.3 is 9.84 Å². The highest BCUT2D eigenvalue weighted by Gasteiger charge is 2.32. The zero-order chi connectivity index (χ0) is 12.3. The SMILES string of the molecule is COc1ccc(C(C(=O)O)C(C)(C)C)cc1. The zero-order valence-corrected chi connectivity index (χ0v) is 10.2. The van der Waals surface area contributed by atoms with E-state index in [2.05, 4.69) is 0 Å². The first-order valence-electron chi connectivity index (χ1n) is 5.23. The molecule has 0 aliphatic heterocycles. The van der Waals surface area contributed by atoms with Gasteiger partial charge in [-0.05, 0) is 23.1 Å². The van der Waals surface area contributed by atoms with E-state index < -0.39 is 11.9 Å². The number of hydrogen-bond acceptors (Lipinski definition) is 2. The smallest absolute Gasteiger partial charge is 0.311 e. The van der Waals surface area contributed by atoms with Crippen LogP contribution in [0.1, 0.15) is 32.3 Å². The summed E-state index contributed by atoms with van der Waals surface area (Å²) in [6, 6.07) is 7.19. The zero-order valence-electron chi connectivity index (χ0n) is 10.2. The number of benzene rings is 1. The molecule has 1 rings (SSSR count). The maximum atomic E-state index is 11.3. The van der Waals surface area contributed by atoms with Crippen LogP contribution in [0, 0.1) is 5.41 Å². The topological polar surface area (TPSA) is 46.5 Å². The third-order valence-electron chi connectivity index (χ3n) is 2.56. The van der Waals surface area contributed by atoms with Crippen molar-refractivity contribution in [2.24, 2.45) is 5.41 Å². The van der Waals surface area contributed by atoms with Crippen LogP contribution in [0.25, 0.3) is 0 Å². The van der Waals surface area contributed by atoms with Gasteiger partial charge in [-0.15, -0.1) is 0 Å². The van der Waals surface area contributed by atoms with E-state index in [9.17, 15) is 9.90 Å². The fourth-order valence-corrected chi connectivity index (χ4v) is 1.81. The van der Waals surface area contributed by atoms with Crippen molar-refractivity contribution in [3.8, 4) is 5.75 Å². The number of methoxy groups -OCH3 is 1. The molecular formula is C13H18O3. The van der Waals surface area contributed by atoms with E-state index in [1.807, 2.05) is 32.9 Å². The minimum absolute atomic E-state index is 0.305. The number of carboxylic acid groups (broad SMARTS) is 1. The van der Waals surface area contributed by atoms with E-state index in [0.717, 1.165) is 11.3 Å². The minimum atomic E-state index is -0.794. The molecule has 0 amide bonds. The summed E-state index contributed by atoms with van der Waals surface area (Å²) < 4.78 is 5.05. The second-order valence-electron chi connectivity index (χ2n) is 4.91. The Balaban J connectivity index is 3.07. The van der Waals surface area contributed by atoms with Crippen molar-refractivity contribution in [2.75, 3.05) is 7.11 Å². The molecule has 1 aromatic rings. The second kappa shape index (κ2) is 4.56. The Labute approximate surface area is 96.1 Å². The van der Waals surface area contributed by atoms with Gasteiger partial charge in [-0.2, -0.15) is 0 Å². The van der Waals surface area contributed by atoms with Gasteiger partial charge in [-0.1, -0.05) is 32.9 Å². The highest BCUT2D eigenvalue weighted by atomic mass is 16.5. The molecule has 88 valence electrons. The Hall–Kier alpha value is -1.51. The molecule has 0 saturated carbocycles. The largest absolute Gasteiger partial charge is 0.497 e. The molecule has 0 spiro atoms. The Kier molecular flexibility index (Phi) is 3.58. The number of aliphatic carboxylic acids is 1. The Morgan fingerprint density at radius 3 is 2.06 bits per heavy atom. The van der Waals surface area contributed by atoms with Crippen molar-refractivity contribution in [2.45, 2.75) is 26.7 Å². The molecule has 0 bridgehead atoms. The summed E-state index contributed by atoms with van der Waals surface area (Å²) in [5, 5.41) is 9.26. The van der Waals surface area contributed by atoms with Crippen molar-refractivity contribution in [3.05, 3.63) is 29.8 Å². The Bertz CT molecular complexity index is 360. The average Bonchev–Trinajstić information content (AvgIpc) is 2.16. The summed E-state index contributed by atoms with van der Waals surface area (Å²) >= 11 is 0. The van der Waals surface area contributed by atoms with Crippen LogP contribution in [0.4, 0.5) is 0 Å². The first kappa shape index (κ1) is 12.6. The Morgan fingerprint density at radius 1 is 1.25 bits per heavy atom. The Morgan fingerprint density at radius 2 is 1.75 bits per heavy atom. The maximum Gasteiger partial charge on any atom is 0.311 e. The predicted molar refractivity (Wildman–Crippen MR) is 62.8 cm³/mol. The quantitative estimate of drug-likeness (QED) is 0.855. The molecule has 0 aliphatic rings. The maximum absolute atomic E-state index is 11.3. The number of hydrogen-bond donors (Lipinski definition) is 1. The molecule has 3 heteroatoms. The molecule has 3 nitrogen and oxygen atoms in total. The van der Waals surface area contributed by atoms with Crippen molar-refractivity contribution < 1.29 is 14.6 Å². The highest BCUT2D eigenvalue weighted by Crippen LogP contribution is 2.35. The van der Waals surface area contributed by atoms with Gasteiger partial charge in [-0.25, -0.2) is 0 Å². The molecular weight excluding hydrogens is 204 g/mol. The van der Waals surface area contributed by atoms with Crippen molar-refractivity contribution in [3.63, 3.8) is 0 Å². The van der Waals surface area contributed by atoms with E-state index >= 15 is 0 Å². The summed E-state index contributed by atoms with van der Waals surface area (Å²) in [5.74, 6) is -0.558. The predicted octanol–water partition coefficient (Wildman–Crippen LogP) is 2.91. The normalized spacial score (nSPS) is 13.2. The fourth-order valence-electron chi connectivity index (χ4n) is 1.81. The molecule has 0 saturated heterocycles. The van der Waals surface area contributed by atoms with Crippen LogP contribution in [-0.4, -0.2) is 18.2 Å². The number of rotatable bonds is 3. The molecule has 0 radical (unpaired) electrons. The van der Waals surface area contributed by atoms with Crippen molar-refractivity contribution in [1.82, 2.24) is 0 Å². The van der Waals surface area contributed by atoms with Gasteiger partial charge in [0.1, 0.15) is 5.75 Å². The molecule has 1 N–H and O–H groups in total. The summed E-state index contributed by atoms with van der Waals surface area (Å²) in [5.41, 5.74) is 0.501. The van der Waals surface area contributed by atoms with Crippen LogP contribution in [0.2, 0.25) is 0 Å². The standard InChI is InChI=1S/C13H18O3/c1-13(2,3)11(12(14)15)9-5-7-10(16-4)8-6-9/h5-8,11H,1-4H3,(H,14,15). The van der Waals surface area contributed by atoms with Gasteiger partial charge in [0.05, 0.1) is 13.0 Å². The average molecular weight is 222 g/mol. The monoisotopic (exact) mass is 222 g/mol. The van der Waals surface area contributed by atoms with Gasteiger partial charge in [-0.3, -0.25) is 4.79 Å². The molecule has 0 aliphatic carbocycles. The van der Waals surface area contributed by atoms with Crippen LogP contribution in [0.5, 0.6) is 5.75 Å². The lowest BCUT2D eigenvalue weighted by molar-refractivity contribution is -0.141. The lowest BCUT2D eigenvalue weighted by atomic mass is 9.76. The first-order chi connectivity index (χ1) is 7.36. The second-order valence-corrected chi connectivity index (χ2v) is 4.91. The summed E-state index contributed by atoms with van der Waals surface area (Å²) in [4.78, 5) is 11.3. The molecule has 0 fully saturated rings. The van der Waals surface area contributed by atoms with Crippen LogP contribution in [0.15, 0.2) is 24.3 Å². The molecule has 16 heavy (non-hydrogen) atoms.